The molecule has 2 atom stereocenters. The number of halogens is 1. The molecule has 0 aliphatic heterocycles. The van der Waals surface area contributed by atoms with Gasteiger partial charge in [-0.2, -0.15) is 4.31 Å². The molecule has 0 amide bonds. The lowest BCUT2D eigenvalue weighted by Gasteiger charge is -2.34. The molecular formula is C14H20ClNO3S. The minimum Gasteiger partial charge on any atom is -0.391 e. The van der Waals surface area contributed by atoms with E-state index in [1.54, 1.807) is 31.3 Å². The Morgan fingerprint density at radius 3 is 2.45 bits per heavy atom. The van der Waals surface area contributed by atoms with E-state index in [9.17, 15) is 13.5 Å². The Balaban J connectivity index is 2.10. The van der Waals surface area contributed by atoms with Crippen LogP contribution in [0.2, 0.25) is 5.02 Å². The highest BCUT2D eigenvalue weighted by molar-refractivity contribution is 7.88. The molecule has 0 radical (unpaired) electrons. The maximum atomic E-state index is 12.4. The topological polar surface area (TPSA) is 57.6 Å². The van der Waals surface area contributed by atoms with Crippen molar-refractivity contribution < 1.29 is 13.5 Å². The van der Waals surface area contributed by atoms with Gasteiger partial charge in [0.05, 0.1) is 17.9 Å². The summed E-state index contributed by atoms with van der Waals surface area (Å²) in [6, 6.07) is 6.49. The first kappa shape index (κ1) is 15.8. The van der Waals surface area contributed by atoms with Crippen molar-refractivity contribution in [3.8, 4) is 0 Å². The first-order valence-corrected chi connectivity index (χ1v) is 8.77. The van der Waals surface area contributed by atoms with Crippen LogP contribution in [-0.2, 0) is 15.8 Å². The zero-order valence-electron chi connectivity index (χ0n) is 11.5. The SMILES string of the molecule is CN([C@@H]1CCCC[C@H]1O)S(=O)(=O)Cc1ccc(Cl)cc1. The molecule has 112 valence electrons. The minimum absolute atomic E-state index is 0.0656. The Kier molecular flexibility index (Phi) is 5.07. The molecule has 0 aromatic heterocycles. The van der Waals surface area contributed by atoms with E-state index in [4.69, 9.17) is 11.6 Å². The normalized spacial score (nSPS) is 24.0. The molecule has 6 heteroatoms. The van der Waals surface area contributed by atoms with E-state index in [1.165, 1.54) is 4.31 Å². The lowest BCUT2D eigenvalue weighted by molar-refractivity contribution is 0.0637. The van der Waals surface area contributed by atoms with Crippen molar-refractivity contribution in [2.75, 3.05) is 7.05 Å². The van der Waals surface area contributed by atoms with Crippen LogP contribution in [0.5, 0.6) is 0 Å². The minimum atomic E-state index is -3.43. The molecule has 1 aliphatic rings. The van der Waals surface area contributed by atoms with Crippen LogP contribution in [0, 0.1) is 0 Å². The van der Waals surface area contributed by atoms with E-state index in [0.717, 1.165) is 19.3 Å². The number of hydrogen-bond acceptors (Lipinski definition) is 3. The summed E-state index contributed by atoms with van der Waals surface area (Å²) in [6.07, 6.45) is 2.75. The van der Waals surface area contributed by atoms with Crippen LogP contribution in [-0.4, -0.2) is 37.0 Å². The zero-order chi connectivity index (χ0) is 14.8. The predicted molar refractivity (Wildman–Crippen MR) is 80.1 cm³/mol. The van der Waals surface area contributed by atoms with Crippen LogP contribution >= 0.6 is 11.6 Å². The third-order valence-corrected chi connectivity index (χ3v) is 5.96. The summed E-state index contributed by atoms with van der Waals surface area (Å²) in [5.74, 6) is -0.0656. The third kappa shape index (κ3) is 3.73. The van der Waals surface area contributed by atoms with Gasteiger partial charge in [0.1, 0.15) is 0 Å². The van der Waals surface area contributed by atoms with Crippen LogP contribution in [0.3, 0.4) is 0 Å². The average molecular weight is 318 g/mol. The van der Waals surface area contributed by atoms with Gasteiger partial charge in [0, 0.05) is 12.1 Å². The Bertz CT molecular complexity index is 544. The van der Waals surface area contributed by atoms with Gasteiger partial charge in [-0.3, -0.25) is 0 Å². The highest BCUT2D eigenvalue weighted by atomic mass is 35.5. The van der Waals surface area contributed by atoms with Crippen molar-refractivity contribution in [3.63, 3.8) is 0 Å². The third-order valence-electron chi connectivity index (χ3n) is 3.86. The summed E-state index contributed by atoms with van der Waals surface area (Å²) >= 11 is 5.79. The van der Waals surface area contributed by atoms with Crippen LogP contribution in [0.15, 0.2) is 24.3 Å². The van der Waals surface area contributed by atoms with Crippen LogP contribution in [0.1, 0.15) is 31.2 Å². The van der Waals surface area contributed by atoms with Gasteiger partial charge >= 0.3 is 0 Å². The van der Waals surface area contributed by atoms with Gasteiger partial charge in [-0.1, -0.05) is 36.6 Å². The van der Waals surface area contributed by atoms with Crippen molar-refractivity contribution in [2.24, 2.45) is 0 Å². The van der Waals surface area contributed by atoms with Gasteiger partial charge in [-0.15, -0.1) is 0 Å². The molecule has 0 saturated heterocycles. The second-order valence-corrected chi connectivity index (χ2v) is 7.78. The summed E-state index contributed by atoms with van der Waals surface area (Å²) in [5.41, 5.74) is 0.701. The summed E-state index contributed by atoms with van der Waals surface area (Å²) in [6.45, 7) is 0. The molecule has 0 bridgehead atoms. The Morgan fingerprint density at radius 2 is 1.85 bits per heavy atom. The van der Waals surface area contributed by atoms with E-state index in [2.05, 4.69) is 0 Å². The van der Waals surface area contributed by atoms with Crippen LogP contribution in [0.25, 0.3) is 0 Å². The molecule has 0 spiro atoms. The first-order chi connectivity index (χ1) is 9.40. The lowest BCUT2D eigenvalue weighted by atomic mass is 9.93. The predicted octanol–water partition coefficient (Wildman–Crippen LogP) is 2.41. The molecule has 1 aromatic rings. The number of benzene rings is 1. The molecule has 0 unspecified atom stereocenters. The van der Waals surface area contributed by atoms with Gasteiger partial charge in [0.2, 0.25) is 10.0 Å². The molecule has 2 rings (SSSR count). The van der Waals surface area contributed by atoms with Gasteiger partial charge in [-0.25, -0.2) is 8.42 Å². The number of sulfonamides is 1. The lowest BCUT2D eigenvalue weighted by Crippen LogP contribution is -2.46. The number of hydrogen-bond donors (Lipinski definition) is 1. The van der Waals surface area contributed by atoms with Crippen molar-refractivity contribution in [3.05, 3.63) is 34.9 Å². The number of nitrogens with zero attached hydrogens (tertiary/aromatic N) is 1. The fourth-order valence-corrected chi connectivity index (χ4v) is 4.22. The van der Waals surface area contributed by atoms with Gasteiger partial charge in [0.25, 0.3) is 0 Å². The van der Waals surface area contributed by atoms with E-state index < -0.39 is 16.1 Å². The summed E-state index contributed by atoms with van der Waals surface area (Å²) in [7, 11) is -1.87. The van der Waals surface area contributed by atoms with Crippen LogP contribution in [0.4, 0.5) is 0 Å². The van der Waals surface area contributed by atoms with Gasteiger partial charge in [0.15, 0.2) is 0 Å². The second-order valence-electron chi connectivity index (χ2n) is 5.32. The highest BCUT2D eigenvalue weighted by Crippen LogP contribution is 2.25. The van der Waals surface area contributed by atoms with E-state index >= 15 is 0 Å². The Labute approximate surface area is 125 Å². The Hall–Kier alpha value is -0.620. The smallest absolute Gasteiger partial charge is 0.218 e. The number of rotatable bonds is 4. The van der Waals surface area contributed by atoms with Crippen LogP contribution < -0.4 is 0 Å². The van der Waals surface area contributed by atoms with Gasteiger partial charge in [-0.05, 0) is 30.5 Å². The number of aliphatic hydroxyl groups is 1. The fraction of sp³-hybridized carbons (Fsp3) is 0.571. The molecule has 1 saturated carbocycles. The standard InChI is InChI=1S/C14H20ClNO3S/c1-16(13-4-2-3-5-14(13)17)20(18,19)10-11-6-8-12(15)9-7-11/h6-9,13-14,17H,2-5,10H2,1H3/t13-,14-/m1/s1. The zero-order valence-corrected chi connectivity index (χ0v) is 13.1. The van der Waals surface area contributed by atoms with E-state index in [1.807, 2.05) is 0 Å². The summed E-state index contributed by atoms with van der Waals surface area (Å²) < 4.78 is 26.2. The fourth-order valence-electron chi connectivity index (χ4n) is 2.62. The molecule has 1 fully saturated rings. The quantitative estimate of drug-likeness (QED) is 0.927. The van der Waals surface area contributed by atoms with Crippen molar-refractivity contribution >= 4 is 21.6 Å². The number of aliphatic hydroxyl groups excluding tert-OH is 1. The summed E-state index contributed by atoms with van der Waals surface area (Å²) in [5, 5.41) is 10.6. The second kappa shape index (κ2) is 6.43. The highest BCUT2D eigenvalue weighted by Gasteiger charge is 2.33. The largest absolute Gasteiger partial charge is 0.391 e. The molecule has 1 N–H and O–H groups in total. The monoisotopic (exact) mass is 317 g/mol. The van der Waals surface area contributed by atoms with E-state index in [-0.39, 0.29) is 11.8 Å². The van der Waals surface area contributed by atoms with E-state index in [0.29, 0.717) is 17.0 Å². The maximum absolute atomic E-state index is 12.4. The molecule has 4 nitrogen and oxygen atoms in total. The van der Waals surface area contributed by atoms with Crippen molar-refractivity contribution in [1.82, 2.24) is 4.31 Å². The van der Waals surface area contributed by atoms with Crippen molar-refractivity contribution in [1.29, 1.82) is 0 Å². The molecule has 1 aliphatic carbocycles. The first-order valence-electron chi connectivity index (χ1n) is 6.78. The molecule has 20 heavy (non-hydrogen) atoms. The Morgan fingerprint density at radius 1 is 1.25 bits per heavy atom. The number of likely N-dealkylation sites (N-methyl/N-ethyl adjacent to an activating group) is 1. The summed E-state index contributed by atoms with van der Waals surface area (Å²) in [4.78, 5) is 0. The molecule has 1 aromatic carbocycles. The maximum Gasteiger partial charge on any atom is 0.218 e. The van der Waals surface area contributed by atoms with Gasteiger partial charge < -0.3 is 5.11 Å². The van der Waals surface area contributed by atoms with Crippen molar-refractivity contribution in [2.45, 2.75) is 43.6 Å². The molecular weight excluding hydrogens is 298 g/mol. The average Bonchev–Trinajstić information content (AvgIpc) is 2.41. The molecule has 0 heterocycles.